The summed E-state index contributed by atoms with van der Waals surface area (Å²) in [5.74, 6) is 0.832. The van der Waals surface area contributed by atoms with Crippen LogP contribution in [0.2, 0.25) is 0 Å². The largest absolute Gasteiger partial charge is 0.494 e. The van der Waals surface area contributed by atoms with Crippen LogP contribution in [0, 0.1) is 0 Å². The maximum Gasteiger partial charge on any atom is 0.254 e. The van der Waals surface area contributed by atoms with E-state index >= 15 is 0 Å². The molecule has 1 aliphatic heterocycles. The second-order valence-electron chi connectivity index (χ2n) is 7.04. The van der Waals surface area contributed by atoms with Gasteiger partial charge in [0, 0.05) is 23.7 Å². The van der Waals surface area contributed by atoms with Gasteiger partial charge in [0.1, 0.15) is 11.3 Å². The molecule has 0 unspecified atom stereocenters. The zero-order valence-electron chi connectivity index (χ0n) is 16.3. The van der Waals surface area contributed by atoms with Gasteiger partial charge in [0.05, 0.1) is 13.2 Å². The van der Waals surface area contributed by atoms with Gasteiger partial charge in [-0.1, -0.05) is 43.7 Å². The Kier molecular flexibility index (Phi) is 5.11. The second-order valence-corrected chi connectivity index (χ2v) is 7.04. The molecule has 2 heterocycles. The molecule has 142 valence electrons. The van der Waals surface area contributed by atoms with Gasteiger partial charge in [-0.15, -0.1) is 0 Å². The lowest BCUT2D eigenvalue weighted by atomic mass is 9.98. The van der Waals surface area contributed by atoms with Gasteiger partial charge in [-0.2, -0.15) is 0 Å². The Morgan fingerprint density at radius 3 is 2.93 bits per heavy atom. The van der Waals surface area contributed by atoms with Crippen LogP contribution in [0.25, 0.3) is 22.0 Å². The predicted octanol–water partition coefficient (Wildman–Crippen LogP) is 5.09. The molecule has 0 fully saturated rings. The molecule has 28 heavy (non-hydrogen) atoms. The van der Waals surface area contributed by atoms with E-state index in [4.69, 9.17) is 4.74 Å². The van der Waals surface area contributed by atoms with Crippen molar-refractivity contribution in [2.24, 2.45) is 0 Å². The molecule has 0 N–H and O–H groups in total. The van der Waals surface area contributed by atoms with Gasteiger partial charge in [0.15, 0.2) is 0 Å². The lowest BCUT2D eigenvalue weighted by molar-refractivity contribution is 0.0744. The summed E-state index contributed by atoms with van der Waals surface area (Å²) in [5.41, 5.74) is 3.59. The topological polar surface area (TPSA) is 42.4 Å². The minimum atomic E-state index is 0.0845. The average Bonchev–Trinajstić information content (AvgIpc) is 3.21. The number of hydrogen-bond acceptors (Lipinski definition) is 3. The number of carbonyl (C=O) groups is 1. The summed E-state index contributed by atoms with van der Waals surface area (Å²) in [6.45, 7) is 2.83. The first-order valence-corrected chi connectivity index (χ1v) is 9.72. The molecular weight excluding hydrogens is 348 g/mol. The molecule has 0 spiro atoms. The van der Waals surface area contributed by atoms with Gasteiger partial charge in [0.2, 0.25) is 0 Å². The monoisotopic (exact) mass is 372 g/mol. The third-order valence-electron chi connectivity index (χ3n) is 5.28. The number of hydrogen-bond donors (Lipinski definition) is 0. The van der Waals surface area contributed by atoms with E-state index < -0.39 is 0 Å². The molecule has 0 bridgehead atoms. The molecule has 4 nitrogen and oxygen atoms in total. The van der Waals surface area contributed by atoms with E-state index in [2.05, 4.69) is 24.1 Å². The van der Waals surface area contributed by atoms with Crippen LogP contribution in [0.4, 0.5) is 0 Å². The zero-order chi connectivity index (χ0) is 19.5. The van der Waals surface area contributed by atoms with E-state index in [-0.39, 0.29) is 11.9 Å². The molecule has 0 saturated heterocycles. The van der Waals surface area contributed by atoms with Gasteiger partial charge in [-0.05, 0) is 47.9 Å². The third-order valence-corrected chi connectivity index (χ3v) is 5.28. The number of benzene rings is 2. The van der Waals surface area contributed by atoms with Crippen LogP contribution in [-0.4, -0.2) is 35.5 Å². The Morgan fingerprint density at radius 1 is 1.21 bits per heavy atom. The summed E-state index contributed by atoms with van der Waals surface area (Å²) >= 11 is 0. The van der Waals surface area contributed by atoms with Gasteiger partial charge >= 0.3 is 0 Å². The first-order valence-electron chi connectivity index (χ1n) is 9.72. The van der Waals surface area contributed by atoms with Gasteiger partial charge < -0.3 is 9.64 Å². The van der Waals surface area contributed by atoms with E-state index in [0.29, 0.717) is 6.54 Å². The fourth-order valence-electron chi connectivity index (χ4n) is 3.90. The Labute approximate surface area is 165 Å². The summed E-state index contributed by atoms with van der Waals surface area (Å²) in [5, 5.41) is 1.01. The van der Waals surface area contributed by atoms with Crippen molar-refractivity contribution in [3.63, 3.8) is 0 Å². The maximum atomic E-state index is 13.1. The van der Waals surface area contributed by atoms with Gasteiger partial charge in [-0.25, -0.2) is 0 Å². The van der Waals surface area contributed by atoms with Crippen molar-refractivity contribution < 1.29 is 9.53 Å². The highest BCUT2D eigenvalue weighted by molar-refractivity contribution is 6.00. The van der Waals surface area contributed by atoms with Crippen LogP contribution in [0.15, 0.2) is 66.9 Å². The zero-order valence-corrected chi connectivity index (χ0v) is 16.3. The van der Waals surface area contributed by atoms with Crippen LogP contribution < -0.4 is 4.74 Å². The van der Waals surface area contributed by atoms with Crippen molar-refractivity contribution in [3.05, 3.63) is 72.4 Å². The Hall–Kier alpha value is -3.14. The van der Waals surface area contributed by atoms with Crippen molar-refractivity contribution in [1.29, 1.82) is 0 Å². The first-order chi connectivity index (χ1) is 13.7. The number of amides is 1. The normalized spacial score (nSPS) is 15.9. The van der Waals surface area contributed by atoms with Crippen LogP contribution in [0.1, 0.15) is 30.1 Å². The SMILES string of the molecule is CCC[C@H]1C=CCN1C(=O)c1cccc(-c2ccc(OC)c3ncccc23)c1. The molecule has 1 aliphatic rings. The number of nitrogens with zero attached hydrogens (tertiary/aromatic N) is 2. The molecule has 0 saturated carbocycles. The smallest absolute Gasteiger partial charge is 0.254 e. The van der Waals surface area contributed by atoms with E-state index in [1.807, 2.05) is 53.4 Å². The second kappa shape index (κ2) is 7.85. The van der Waals surface area contributed by atoms with Crippen molar-refractivity contribution in [2.45, 2.75) is 25.8 Å². The van der Waals surface area contributed by atoms with Crippen molar-refractivity contribution in [2.75, 3.05) is 13.7 Å². The summed E-state index contributed by atoms with van der Waals surface area (Å²) in [6, 6.07) is 16.0. The minimum Gasteiger partial charge on any atom is -0.494 e. The highest BCUT2D eigenvalue weighted by Gasteiger charge is 2.25. The summed E-state index contributed by atoms with van der Waals surface area (Å²) in [4.78, 5) is 19.6. The fourth-order valence-corrected chi connectivity index (χ4v) is 3.90. The van der Waals surface area contributed by atoms with Crippen LogP contribution in [0.3, 0.4) is 0 Å². The van der Waals surface area contributed by atoms with E-state index in [9.17, 15) is 4.79 Å². The highest BCUT2D eigenvalue weighted by atomic mass is 16.5. The number of rotatable bonds is 5. The summed E-state index contributed by atoms with van der Waals surface area (Å²) in [7, 11) is 1.65. The lowest BCUT2D eigenvalue weighted by Gasteiger charge is -2.24. The maximum absolute atomic E-state index is 13.1. The molecule has 0 aliphatic carbocycles. The number of aromatic nitrogens is 1. The third kappa shape index (κ3) is 3.26. The number of carbonyl (C=O) groups excluding carboxylic acids is 1. The standard InChI is InChI=1S/C24H24N2O2/c1-3-7-19-10-6-15-26(19)24(27)18-9-4-8-17(16-18)20-12-13-22(28-2)23-21(20)11-5-14-25-23/h4-6,8-14,16,19H,3,7,15H2,1-2H3/t19-/m0/s1. The number of ether oxygens (including phenoxy) is 1. The van der Waals surface area contributed by atoms with Crippen molar-refractivity contribution in [3.8, 4) is 16.9 Å². The van der Waals surface area contributed by atoms with Crippen molar-refractivity contribution >= 4 is 16.8 Å². The quantitative estimate of drug-likeness (QED) is 0.586. The summed E-state index contributed by atoms with van der Waals surface area (Å²) < 4.78 is 5.45. The molecule has 4 heteroatoms. The summed E-state index contributed by atoms with van der Waals surface area (Å²) in [6.07, 6.45) is 8.06. The van der Waals surface area contributed by atoms with Crippen LogP contribution in [0.5, 0.6) is 5.75 Å². The predicted molar refractivity (Wildman–Crippen MR) is 113 cm³/mol. The highest BCUT2D eigenvalue weighted by Crippen LogP contribution is 2.33. The fraction of sp³-hybridized carbons (Fsp3) is 0.250. The number of fused-ring (bicyclic) bond motifs is 1. The van der Waals surface area contributed by atoms with E-state index in [0.717, 1.165) is 46.2 Å². The molecule has 1 amide bonds. The molecule has 2 aromatic carbocycles. The Morgan fingerprint density at radius 2 is 2.11 bits per heavy atom. The first kappa shape index (κ1) is 18.2. The molecule has 1 atom stereocenters. The Balaban J connectivity index is 1.72. The minimum absolute atomic E-state index is 0.0845. The van der Waals surface area contributed by atoms with Crippen LogP contribution in [-0.2, 0) is 0 Å². The Bertz CT molecular complexity index is 1040. The van der Waals surface area contributed by atoms with Crippen molar-refractivity contribution in [1.82, 2.24) is 9.88 Å². The molecule has 3 aromatic rings. The number of pyridine rings is 1. The average molecular weight is 372 g/mol. The molecule has 4 rings (SSSR count). The van der Waals surface area contributed by atoms with Gasteiger partial charge in [-0.3, -0.25) is 9.78 Å². The van der Waals surface area contributed by atoms with E-state index in [1.165, 1.54) is 0 Å². The van der Waals surface area contributed by atoms with Gasteiger partial charge in [0.25, 0.3) is 5.91 Å². The van der Waals surface area contributed by atoms with Crippen LogP contribution >= 0.6 is 0 Å². The molecular formula is C24H24N2O2. The molecule has 1 aromatic heterocycles. The molecule has 0 radical (unpaired) electrons. The van der Waals surface area contributed by atoms with E-state index in [1.54, 1.807) is 13.3 Å². The number of methoxy groups -OCH3 is 1. The lowest BCUT2D eigenvalue weighted by Crippen LogP contribution is -2.36.